The molecule has 22 heavy (non-hydrogen) atoms. The Morgan fingerprint density at radius 3 is 2.55 bits per heavy atom. The van der Waals surface area contributed by atoms with E-state index < -0.39 is 6.10 Å². The molecule has 0 amide bonds. The predicted molar refractivity (Wildman–Crippen MR) is 90.6 cm³/mol. The summed E-state index contributed by atoms with van der Waals surface area (Å²) in [4.78, 5) is 4.64. The van der Waals surface area contributed by atoms with Gasteiger partial charge in [-0.2, -0.15) is 0 Å². The van der Waals surface area contributed by atoms with Crippen molar-refractivity contribution in [2.45, 2.75) is 32.3 Å². The van der Waals surface area contributed by atoms with Gasteiger partial charge in [0, 0.05) is 32.7 Å². The van der Waals surface area contributed by atoms with Crippen molar-refractivity contribution >= 4 is 0 Å². The van der Waals surface area contributed by atoms with Crippen LogP contribution in [-0.2, 0) is 0 Å². The van der Waals surface area contributed by atoms with Crippen molar-refractivity contribution in [2.24, 2.45) is 0 Å². The van der Waals surface area contributed by atoms with Crippen LogP contribution in [-0.4, -0.2) is 67.4 Å². The van der Waals surface area contributed by atoms with Gasteiger partial charge in [-0.15, -0.1) is 0 Å². The SMILES string of the molecule is CC[C@@H](C)c1ccccc1OC[C@@H](O)CN1CCN(C)CC1. The van der Waals surface area contributed by atoms with Gasteiger partial charge in [-0.3, -0.25) is 4.90 Å². The monoisotopic (exact) mass is 306 g/mol. The molecule has 124 valence electrons. The van der Waals surface area contributed by atoms with E-state index in [2.05, 4.69) is 42.8 Å². The Kier molecular flexibility index (Phi) is 6.68. The lowest BCUT2D eigenvalue weighted by Gasteiger charge is -2.33. The molecule has 1 N–H and O–H groups in total. The zero-order chi connectivity index (χ0) is 15.9. The summed E-state index contributed by atoms with van der Waals surface area (Å²) in [6.07, 6.45) is 0.651. The first-order chi connectivity index (χ1) is 10.6. The Balaban J connectivity index is 1.82. The zero-order valence-corrected chi connectivity index (χ0v) is 14.2. The number of piperazine rings is 1. The minimum absolute atomic E-state index is 0.361. The van der Waals surface area contributed by atoms with Gasteiger partial charge in [0.15, 0.2) is 0 Å². The van der Waals surface area contributed by atoms with E-state index in [1.807, 2.05) is 12.1 Å². The third kappa shape index (κ3) is 4.97. The highest BCUT2D eigenvalue weighted by Crippen LogP contribution is 2.28. The summed E-state index contributed by atoms with van der Waals surface area (Å²) in [5.74, 6) is 1.39. The second kappa shape index (κ2) is 8.51. The van der Waals surface area contributed by atoms with Crippen LogP contribution in [0.4, 0.5) is 0 Å². The molecule has 0 bridgehead atoms. The molecule has 1 aromatic rings. The molecule has 0 radical (unpaired) electrons. The van der Waals surface area contributed by atoms with Gasteiger partial charge in [-0.1, -0.05) is 32.0 Å². The first kappa shape index (κ1) is 17.3. The Labute approximate surface area is 134 Å². The van der Waals surface area contributed by atoms with Crippen LogP contribution in [0.2, 0.25) is 0 Å². The first-order valence-electron chi connectivity index (χ1n) is 8.40. The van der Waals surface area contributed by atoms with E-state index >= 15 is 0 Å². The van der Waals surface area contributed by atoms with Crippen molar-refractivity contribution in [2.75, 3.05) is 46.4 Å². The fourth-order valence-electron chi connectivity index (χ4n) is 2.81. The van der Waals surface area contributed by atoms with E-state index in [0.717, 1.165) is 38.3 Å². The summed E-state index contributed by atoms with van der Waals surface area (Å²) < 4.78 is 5.90. The lowest BCUT2D eigenvalue weighted by atomic mass is 9.98. The lowest BCUT2D eigenvalue weighted by molar-refractivity contribution is 0.0501. The number of aliphatic hydroxyl groups excluding tert-OH is 1. The Bertz CT molecular complexity index is 444. The van der Waals surface area contributed by atoms with Gasteiger partial charge >= 0.3 is 0 Å². The summed E-state index contributed by atoms with van der Waals surface area (Å²) in [6.45, 7) is 9.65. The molecule has 1 fully saturated rings. The molecule has 4 nitrogen and oxygen atoms in total. The lowest BCUT2D eigenvalue weighted by Crippen LogP contribution is -2.47. The van der Waals surface area contributed by atoms with Crippen molar-refractivity contribution in [1.82, 2.24) is 9.80 Å². The summed E-state index contributed by atoms with van der Waals surface area (Å²) >= 11 is 0. The fourth-order valence-corrected chi connectivity index (χ4v) is 2.81. The highest BCUT2D eigenvalue weighted by molar-refractivity contribution is 5.35. The molecule has 1 aliphatic heterocycles. The highest BCUT2D eigenvalue weighted by atomic mass is 16.5. The number of hydrogen-bond donors (Lipinski definition) is 1. The topological polar surface area (TPSA) is 35.9 Å². The highest BCUT2D eigenvalue weighted by Gasteiger charge is 2.18. The quantitative estimate of drug-likeness (QED) is 0.838. The fraction of sp³-hybridized carbons (Fsp3) is 0.667. The van der Waals surface area contributed by atoms with Crippen LogP contribution in [0.15, 0.2) is 24.3 Å². The summed E-state index contributed by atoms with van der Waals surface area (Å²) in [5.41, 5.74) is 1.23. The summed E-state index contributed by atoms with van der Waals surface area (Å²) in [7, 11) is 2.14. The number of rotatable bonds is 7. The van der Waals surface area contributed by atoms with Gasteiger partial charge in [-0.05, 0) is 31.0 Å². The van der Waals surface area contributed by atoms with Crippen LogP contribution in [0.1, 0.15) is 31.7 Å². The third-order valence-electron chi connectivity index (χ3n) is 4.56. The second-order valence-corrected chi connectivity index (χ2v) is 6.42. The van der Waals surface area contributed by atoms with Crippen molar-refractivity contribution in [3.8, 4) is 5.75 Å². The molecule has 0 unspecified atom stereocenters. The molecule has 0 aliphatic carbocycles. The minimum Gasteiger partial charge on any atom is -0.491 e. The zero-order valence-electron chi connectivity index (χ0n) is 14.2. The molecular weight excluding hydrogens is 276 g/mol. The van der Waals surface area contributed by atoms with E-state index in [0.29, 0.717) is 19.1 Å². The van der Waals surface area contributed by atoms with E-state index in [9.17, 15) is 5.11 Å². The molecule has 0 saturated carbocycles. The number of benzene rings is 1. The molecule has 2 atom stereocenters. The standard InChI is InChI=1S/C18H30N2O2/c1-4-15(2)17-7-5-6-8-18(17)22-14-16(21)13-20-11-9-19(3)10-12-20/h5-8,15-16,21H,4,9-14H2,1-3H3/t15-,16+/m1/s1. The molecule has 4 heteroatoms. The molecular formula is C18H30N2O2. The average molecular weight is 306 g/mol. The molecule has 1 aliphatic rings. The number of ether oxygens (including phenoxy) is 1. The molecule has 1 aromatic carbocycles. The van der Waals surface area contributed by atoms with Gasteiger partial charge in [0.25, 0.3) is 0 Å². The van der Waals surface area contributed by atoms with E-state index in [1.165, 1.54) is 5.56 Å². The van der Waals surface area contributed by atoms with Gasteiger partial charge < -0.3 is 14.7 Å². The number of nitrogens with zero attached hydrogens (tertiary/aromatic N) is 2. The number of hydrogen-bond acceptors (Lipinski definition) is 4. The van der Waals surface area contributed by atoms with Gasteiger partial charge in [-0.25, -0.2) is 0 Å². The van der Waals surface area contributed by atoms with Crippen LogP contribution in [0.25, 0.3) is 0 Å². The van der Waals surface area contributed by atoms with Crippen molar-refractivity contribution in [1.29, 1.82) is 0 Å². The maximum absolute atomic E-state index is 10.2. The maximum Gasteiger partial charge on any atom is 0.122 e. The van der Waals surface area contributed by atoms with Crippen molar-refractivity contribution in [3.63, 3.8) is 0 Å². The molecule has 1 heterocycles. The van der Waals surface area contributed by atoms with Gasteiger partial charge in [0.05, 0.1) is 0 Å². The third-order valence-corrected chi connectivity index (χ3v) is 4.56. The first-order valence-corrected chi connectivity index (χ1v) is 8.40. The number of β-amino-alcohol motifs (C(OH)–C–C–N with tert-alkyl or cyclic N) is 1. The molecule has 0 aromatic heterocycles. The number of likely N-dealkylation sites (N-methyl/N-ethyl adjacent to an activating group) is 1. The van der Waals surface area contributed by atoms with Gasteiger partial charge in [0.1, 0.15) is 18.5 Å². The van der Waals surface area contributed by atoms with Crippen LogP contribution in [0.3, 0.4) is 0 Å². The normalized spacial score (nSPS) is 19.8. The number of para-hydroxylation sites is 1. The Morgan fingerprint density at radius 2 is 1.86 bits per heavy atom. The minimum atomic E-state index is -0.437. The maximum atomic E-state index is 10.2. The van der Waals surface area contributed by atoms with Crippen molar-refractivity contribution in [3.05, 3.63) is 29.8 Å². The summed E-state index contributed by atoms with van der Waals surface area (Å²) in [6, 6.07) is 8.17. The van der Waals surface area contributed by atoms with Crippen LogP contribution in [0, 0.1) is 0 Å². The van der Waals surface area contributed by atoms with Crippen molar-refractivity contribution < 1.29 is 9.84 Å². The van der Waals surface area contributed by atoms with Gasteiger partial charge in [0.2, 0.25) is 0 Å². The van der Waals surface area contributed by atoms with E-state index in [4.69, 9.17) is 4.74 Å². The van der Waals surface area contributed by atoms with Crippen LogP contribution >= 0.6 is 0 Å². The average Bonchev–Trinajstić information content (AvgIpc) is 2.54. The molecule has 1 saturated heterocycles. The second-order valence-electron chi connectivity index (χ2n) is 6.42. The Hall–Kier alpha value is -1.10. The Morgan fingerprint density at radius 1 is 1.18 bits per heavy atom. The number of aliphatic hydroxyl groups is 1. The molecule has 0 spiro atoms. The summed E-state index contributed by atoms with van der Waals surface area (Å²) in [5, 5.41) is 10.2. The van der Waals surface area contributed by atoms with Crippen LogP contribution in [0.5, 0.6) is 5.75 Å². The van der Waals surface area contributed by atoms with Crippen LogP contribution < -0.4 is 4.74 Å². The predicted octanol–water partition coefficient (Wildman–Crippen LogP) is 2.19. The smallest absolute Gasteiger partial charge is 0.122 e. The molecule has 2 rings (SSSR count). The van der Waals surface area contributed by atoms with E-state index in [-0.39, 0.29) is 0 Å². The van der Waals surface area contributed by atoms with E-state index in [1.54, 1.807) is 0 Å². The largest absolute Gasteiger partial charge is 0.491 e.